The van der Waals surface area contributed by atoms with Gasteiger partial charge >= 0.3 is 0 Å². The van der Waals surface area contributed by atoms with Crippen LogP contribution in [0.2, 0.25) is 0 Å². The normalized spacial score (nSPS) is 10.9. The van der Waals surface area contributed by atoms with Gasteiger partial charge in [0.1, 0.15) is 11.6 Å². The van der Waals surface area contributed by atoms with Crippen LogP contribution in [0.1, 0.15) is 22.3 Å². The topological polar surface area (TPSA) is 52.9 Å². The van der Waals surface area contributed by atoms with E-state index in [1.807, 2.05) is 69.3 Å². The lowest BCUT2D eigenvalue weighted by Crippen LogP contribution is -2.15. The number of carbonyl (C=O) groups is 1. The molecule has 0 bridgehead atoms. The molecule has 2 rings (SSSR count). The Morgan fingerprint density at radius 1 is 1.09 bits per heavy atom. The highest BCUT2D eigenvalue weighted by atomic mass is 16.1. The molecule has 0 spiro atoms. The van der Waals surface area contributed by atoms with Crippen LogP contribution in [0.5, 0.6) is 0 Å². The predicted molar refractivity (Wildman–Crippen MR) is 89.3 cm³/mol. The van der Waals surface area contributed by atoms with Crippen LogP contribution >= 0.6 is 0 Å². The van der Waals surface area contributed by atoms with E-state index in [-0.39, 0.29) is 11.5 Å². The van der Waals surface area contributed by atoms with E-state index in [1.165, 1.54) is 0 Å². The Kier molecular flexibility index (Phi) is 4.75. The van der Waals surface area contributed by atoms with Crippen molar-refractivity contribution < 1.29 is 4.79 Å². The number of rotatable bonds is 3. The Hall–Kier alpha value is -2.86. The van der Waals surface area contributed by atoms with Gasteiger partial charge in [-0.1, -0.05) is 48.0 Å². The summed E-state index contributed by atoms with van der Waals surface area (Å²) in [6, 6.07) is 15.3. The van der Waals surface area contributed by atoms with Crippen LogP contribution in [-0.2, 0) is 4.79 Å². The Bertz CT molecular complexity index is 745. The molecule has 0 saturated carbocycles. The monoisotopic (exact) mass is 290 g/mol. The molecule has 0 aromatic heterocycles. The van der Waals surface area contributed by atoms with E-state index in [0.717, 1.165) is 27.9 Å². The summed E-state index contributed by atoms with van der Waals surface area (Å²) in [5.74, 6) is -0.388. The van der Waals surface area contributed by atoms with Gasteiger partial charge in [0, 0.05) is 5.69 Å². The first-order valence-electron chi connectivity index (χ1n) is 7.07. The van der Waals surface area contributed by atoms with Crippen LogP contribution in [-0.4, -0.2) is 5.91 Å². The first-order chi connectivity index (χ1) is 10.5. The summed E-state index contributed by atoms with van der Waals surface area (Å²) in [6.07, 6.45) is 1.59. The zero-order valence-corrected chi connectivity index (χ0v) is 13.0. The molecular formula is C19H18N2O. The van der Waals surface area contributed by atoms with Gasteiger partial charge in [-0.3, -0.25) is 4.79 Å². The molecule has 22 heavy (non-hydrogen) atoms. The number of benzene rings is 2. The number of carbonyl (C=O) groups excluding carboxylic acids is 1. The third-order valence-corrected chi connectivity index (χ3v) is 3.39. The second-order valence-corrected chi connectivity index (χ2v) is 5.31. The van der Waals surface area contributed by atoms with Crippen LogP contribution in [0.4, 0.5) is 5.69 Å². The molecule has 3 heteroatoms. The fourth-order valence-corrected chi connectivity index (χ4v) is 2.42. The zero-order chi connectivity index (χ0) is 16.1. The lowest BCUT2D eigenvalue weighted by molar-refractivity contribution is -0.112. The van der Waals surface area contributed by atoms with Crippen molar-refractivity contribution >= 4 is 17.7 Å². The third-order valence-electron chi connectivity index (χ3n) is 3.39. The van der Waals surface area contributed by atoms with Gasteiger partial charge in [-0.2, -0.15) is 5.26 Å². The molecule has 0 atom stereocenters. The van der Waals surface area contributed by atoms with Crippen molar-refractivity contribution in [1.82, 2.24) is 0 Å². The molecule has 2 aromatic carbocycles. The molecular weight excluding hydrogens is 272 g/mol. The molecule has 0 aliphatic rings. The second kappa shape index (κ2) is 6.73. The van der Waals surface area contributed by atoms with E-state index >= 15 is 0 Å². The first-order valence-corrected chi connectivity index (χ1v) is 7.07. The van der Waals surface area contributed by atoms with Crippen molar-refractivity contribution in [1.29, 1.82) is 5.26 Å². The summed E-state index contributed by atoms with van der Waals surface area (Å²) >= 11 is 0. The minimum Gasteiger partial charge on any atom is -0.321 e. The van der Waals surface area contributed by atoms with Gasteiger partial charge in [0.2, 0.25) is 0 Å². The van der Waals surface area contributed by atoms with Gasteiger partial charge in [-0.25, -0.2) is 0 Å². The maximum Gasteiger partial charge on any atom is 0.266 e. The summed E-state index contributed by atoms with van der Waals surface area (Å²) < 4.78 is 0. The molecule has 0 aliphatic carbocycles. The number of nitrogens with one attached hydrogen (secondary N) is 1. The molecule has 0 radical (unpaired) electrons. The Morgan fingerprint density at radius 2 is 1.68 bits per heavy atom. The van der Waals surface area contributed by atoms with Crippen LogP contribution in [0.15, 0.2) is 48.0 Å². The largest absolute Gasteiger partial charge is 0.321 e. The molecule has 2 aromatic rings. The van der Waals surface area contributed by atoms with E-state index < -0.39 is 0 Å². The van der Waals surface area contributed by atoms with Gasteiger partial charge in [0.25, 0.3) is 5.91 Å². The second-order valence-electron chi connectivity index (χ2n) is 5.31. The molecule has 0 aliphatic heterocycles. The van der Waals surface area contributed by atoms with E-state index in [4.69, 9.17) is 0 Å². The molecule has 3 nitrogen and oxygen atoms in total. The standard InChI is InChI=1S/C19H18N2O/c1-13-9-14(2)18(15(3)10-13)21-19(22)17(12-20)11-16-7-5-4-6-8-16/h4-11H,1-3H3,(H,21,22)/b17-11+. The predicted octanol–water partition coefficient (Wildman–Crippen LogP) is 4.16. The average molecular weight is 290 g/mol. The minimum absolute atomic E-state index is 0.0885. The van der Waals surface area contributed by atoms with Gasteiger partial charge in [-0.15, -0.1) is 0 Å². The average Bonchev–Trinajstić information content (AvgIpc) is 2.49. The SMILES string of the molecule is Cc1cc(C)c(NC(=O)/C(C#N)=C/c2ccccc2)c(C)c1. The summed E-state index contributed by atoms with van der Waals surface area (Å²) in [4.78, 5) is 12.3. The summed E-state index contributed by atoms with van der Waals surface area (Å²) in [5, 5.41) is 12.1. The molecule has 0 heterocycles. The fraction of sp³-hybridized carbons (Fsp3) is 0.158. The number of hydrogen-bond acceptors (Lipinski definition) is 2. The van der Waals surface area contributed by atoms with Gasteiger partial charge in [0.15, 0.2) is 0 Å². The summed E-state index contributed by atoms with van der Waals surface area (Å²) in [5.41, 5.74) is 4.81. The quantitative estimate of drug-likeness (QED) is 0.681. The molecule has 1 N–H and O–H groups in total. The van der Waals surface area contributed by atoms with Crippen molar-refractivity contribution in [3.8, 4) is 6.07 Å². The van der Waals surface area contributed by atoms with Gasteiger partial charge in [-0.05, 0) is 43.5 Å². The van der Waals surface area contributed by atoms with Crippen LogP contribution < -0.4 is 5.32 Å². The highest BCUT2D eigenvalue weighted by molar-refractivity contribution is 6.10. The van der Waals surface area contributed by atoms with Crippen molar-refractivity contribution in [3.05, 3.63) is 70.3 Å². The third kappa shape index (κ3) is 3.62. The highest BCUT2D eigenvalue weighted by Crippen LogP contribution is 2.22. The van der Waals surface area contributed by atoms with Crippen LogP contribution in [0.25, 0.3) is 6.08 Å². The number of nitrogens with zero attached hydrogens (tertiary/aromatic N) is 1. The zero-order valence-electron chi connectivity index (χ0n) is 13.0. The number of nitriles is 1. The minimum atomic E-state index is -0.388. The number of hydrogen-bond donors (Lipinski definition) is 1. The molecule has 0 saturated heterocycles. The molecule has 110 valence electrons. The van der Waals surface area contributed by atoms with E-state index in [1.54, 1.807) is 6.08 Å². The number of amides is 1. The van der Waals surface area contributed by atoms with Crippen molar-refractivity contribution in [2.45, 2.75) is 20.8 Å². The summed E-state index contributed by atoms with van der Waals surface area (Å²) in [7, 11) is 0. The first kappa shape index (κ1) is 15.5. The Balaban J connectivity index is 2.28. The smallest absolute Gasteiger partial charge is 0.266 e. The van der Waals surface area contributed by atoms with Crippen LogP contribution in [0, 0.1) is 32.1 Å². The molecule has 0 unspecified atom stereocenters. The lowest BCUT2D eigenvalue weighted by atomic mass is 10.0. The van der Waals surface area contributed by atoms with Crippen molar-refractivity contribution in [2.75, 3.05) is 5.32 Å². The van der Waals surface area contributed by atoms with Gasteiger partial charge < -0.3 is 5.32 Å². The maximum absolute atomic E-state index is 12.3. The highest BCUT2D eigenvalue weighted by Gasteiger charge is 2.12. The Labute approximate surface area is 130 Å². The maximum atomic E-state index is 12.3. The summed E-state index contributed by atoms with van der Waals surface area (Å²) in [6.45, 7) is 5.91. The number of aryl methyl sites for hydroxylation is 3. The van der Waals surface area contributed by atoms with Crippen LogP contribution in [0.3, 0.4) is 0 Å². The Morgan fingerprint density at radius 3 is 2.23 bits per heavy atom. The number of anilines is 1. The van der Waals surface area contributed by atoms with E-state index in [9.17, 15) is 10.1 Å². The van der Waals surface area contributed by atoms with E-state index in [0.29, 0.717) is 0 Å². The fourth-order valence-electron chi connectivity index (χ4n) is 2.42. The van der Waals surface area contributed by atoms with Crippen molar-refractivity contribution in [2.24, 2.45) is 0 Å². The van der Waals surface area contributed by atoms with E-state index in [2.05, 4.69) is 5.32 Å². The lowest BCUT2D eigenvalue weighted by Gasteiger charge is -2.12. The molecule has 0 fully saturated rings. The molecule has 1 amide bonds. The van der Waals surface area contributed by atoms with Crippen molar-refractivity contribution in [3.63, 3.8) is 0 Å². The van der Waals surface area contributed by atoms with Gasteiger partial charge in [0.05, 0.1) is 0 Å².